The number of nitrogens with zero attached hydrogens (tertiary/aromatic N) is 2. The third-order valence-electron chi connectivity index (χ3n) is 8.18. The molecule has 2 aromatic carbocycles. The number of hydrogen-bond acceptors (Lipinski definition) is 4. The van der Waals surface area contributed by atoms with E-state index in [4.69, 9.17) is 0 Å². The van der Waals surface area contributed by atoms with Gasteiger partial charge in [-0.2, -0.15) is 0 Å². The molecule has 0 atom stereocenters. The minimum atomic E-state index is -0.320. The Balaban J connectivity index is 1.51. The van der Waals surface area contributed by atoms with Crippen molar-refractivity contribution >= 4 is 35.0 Å². The molecule has 0 aromatic heterocycles. The molecule has 4 amide bonds. The number of hydrogen-bond donors (Lipinski definition) is 0. The zero-order chi connectivity index (χ0) is 26.5. The van der Waals surface area contributed by atoms with Crippen molar-refractivity contribution < 1.29 is 19.2 Å². The Labute approximate surface area is 224 Å². The summed E-state index contributed by atoms with van der Waals surface area (Å²) in [5.41, 5.74) is 3.23. The summed E-state index contributed by atoms with van der Waals surface area (Å²) >= 11 is 0. The van der Waals surface area contributed by atoms with Crippen molar-refractivity contribution in [1.82, 2.24) is 0 Å². The van der Waals surface area contributed by atoms with Crippen LogP contribution < -0.4 is 9.80 Å². The van der Waals surface area contributed by atoms with Crippen LogP contribution >= 0.6 is 0 Å². The molecule has 1 fully saturated rings. The van der Waals surface area contributed by atoms with Crippen LogP contribution in [0.1, 0.15) is 81.8 Å². The van der Waals surface area contributed by atoms with Crippen LogP contribution in [0.3, 0.4) is 0 Å². The summed E-state index contributed by atoms with van der Waals surface area (Å²) in [5, 5.41) is 0. The molecule has 1 saturated carbocycles. The van der Waals surface area contributed by atoms with Crippen LogP contribution in [0.15, 0.2) is 72.8 Å². The first kappa shape index (κ1) is 25.8. The molecule has 0 N–H and O–H groups in total. The van der Waals surface area contributed by atoms with E-state index < -0.39 is 0 Å². The molecular weight excluding hydrogens is 476 g/mol. The van der Waals surface area contributed by atoms with Crippen LogP contribution in [0.5, 0.6) is 0 Å². The van der Waals surface area contributed by atoms with Crippen molar-refractivity contribution in [3.63, 3.8) is 0 Å². The predicted molar refractivity (Wildman–Crippen MR) is 148 cm³/mol. The topological polar surface area (TPSA) is 74.8 Å². The zero-order valence-corrected chi connectivity index (χ0v) is 21.7. The normalized spacial score (nSPS) is 20.6. The maximum Gasteiger partial charge on any atom is 0.258 e. The lowest BCUT2D eigenvalue weighted by molar-refractivity contribution is -0.121. The molecule has 0 spiro atoms. The third-order valence-corrected chi connectivity index (χ3v) is 8.18. The van der Waals surface area contributed by atoms with Crippen LogP contribution in [-0.2, 0) is 24.6 Å². The fourth-order valence-electron chi connectivity index (χ4n) is 6.13. The van der Waals surface area contributed by atoms with Gasteiger partial charge in [-0.1, -0.05) is 82.1 Å². The highest BCUT2D eigenvalue weighted by Crippen LogP contribution is 2.43. The second kappa shape index (κ2) is 11.3. The molecular formula is C32H34N2O4. The Morgan fingerprint density at radius 2 is 0.711 bits per heavy atom. The second-order valence-corrected chi connectivity index (χ2v) is 10.5. The van der Waals surface area contributed by atoms with Crippen molar-refractivity contribution in [1.29, 1.82) is 0 Å². The first-order chi connectivity index (χ1) is 18.5. The smallest absolute Gasteiger partial charge is 0.258 e. The van der Waals surface area contributed by atoms with E-state index in [1.165, 1.54) is 79.0 Å². The van der Waals surface area contributed by atoms with Crippen molar-refractivity contribution in [3.05, 3.63) is 84.0 Å². The SMILES string of the molecule is O=C1C=CC(=O)N1c1ccc(C2(c3ccc(N4C(=O)C=CC4=O)cc3)CCCCCCCCCCC2)cc1. The number of imide groups is 2. The van der Waals surface area contributed by atoms with Gasteiger partial charge in [0, 0.05) is 29.7 Å². The maximum absolute atomic E-state index is 12.2. The number of amides is 4. The molecule has 38 heavy (non-hydrogen) atoms. The van der Waals surface area contributed by atoms with Crippen molar-refractivity contribution in [2.24, 2.45) is 0 Å². The van der Waals surface area contributed by atoms with Crippen LogP contribution in [0, 0.1) is 0 Å². The maximum atomic E-state index is 12.2. The largest absolute Gasteiger partial charge is 0.269 e. The van der Waals surface area contributed by atoms with E-state index in [1.807, 2.05) is 24.3 Å². The summed E-state index contributed by atoms with van der Waals surface area (Å²) in [6, 6.07) is 15.7. The van der Waals surface area contributed by atoms with E-state index in [2.05, 4.69) is 24.3 Å². The first-order valence-corrected chi connectivity index (χ1v) is 13.8. The highest BCUT2D eigenvalue weighted by Gasteiger charge is 2.35. The van der Waals surface area contributed by atoms with Gasteiger partial charge in [0.25, 0.3) is 23.6 Å². The molecule has 0 radical (unpaired) electrons. The Hall–Kier alpha value is -3.80. The predicted octanol–water partition coefficient (Wildman–Crippen LogP) is 6.14. The highest BCUT2D eigenvalue weighted by atomic mass is 16.2. The summed E-state index contributed by atoms with van der Waals surface area (Å²) in [4.78, 5) is 51.3. The molecule has 0 bridgehead atoms. The summed E-state index contributed by atoms with van der Waals surface area (Å²) in [6.07, 6.45) is 18.1. The van der Waals surface area contributed by atoms with Gasteiger partial charge < -0.3 is 0 Å². The molecule has 2 aliphatic heterocycles. The minimum absolute atomic E-state index is 0.245. The molecule has 0 unspecified atom stereocenters. The molecule has 6 heteroatoms. The Morgan fingerprint density at radius 1 is 0.421 bits per heavy atom. The average Bonchev–Trinajstić information content (AvgIpc) is 3.44. The lowest BCUT2D eigenvalue weighted by Gasteiger charge is -2.36. The summed E-state index contributed by atoms with van der Waals surface area (Å²) < 4.78 is 0. The summed E-state index contributed by atoms with van der Waals surface area (Å²) in [5.74, 6) is -1.28. The number of anilines is 2. The summed E-state index contributed by atoms with van der Waals surface area (Å²) in [6.45, 7) is 0. The molecule has 2 heterocycles. The van der Waals surface area contributed by atoms with Crippen LogP contribution in [0.4, 0.5) is 11.4 Å². The van der Waals surface area contributed by atoms with E-state index in [9.17, 15) is 19.2 Å². The molecule has 2 aromatic rings. The van der Waals surface area contributed by atoms with Crippen molar-refractivity contribution in [2.45, 2.75) is 76.0 Å². The number of rotatable bonds is 4. The lowest BCUT2D eigenvalue weighted by atomic mass is 9.67. The Kier molecular flexibility index (Phi) is 7.68. The monoisotopic (exact) mass is 510 g/mol. The fourth-order valence-corrected chi connectivity index (χ4v) is 6.13. The van der Waals surface area contributed by atoms with Gasteiger partial charge in [0.1, 0.15) is 0 Å². The van der Waals surface area contributed by atoms with Crippen LogP contribution in [0.25, 0.3) is 0 Å². The number of carbonyl (C=O) groups is 4. The quantitative estimate of drug-likeness (QED) is 0.463. The van der Waals surface area contributed by atoms with E-state index in [1.54, 1.807) is 0 Å². The molecule has 196 valence electrons. The molecule has 3 aliphatic rings. The van der Waals surface area contributed by atoms with E-state index in [-0.39, 0.29) is 29.0 Å². The van der Waals surface area contributed by atoms with Crippen LogP contribution in [-0.4, -0.2) is 23.6 Å². The van der Waals surface area contributed by atoms with Gasteiger partial charge in [0.2, 0.25) is 0 Å². The van der Waals surface area contributed by atoms with E-state index in [0.717, 1.165) is 36.8 Å². The summed E-state index contributed by atoms with van der Waals surface area (Å²) in [7, 11) is 0. The Bertz CT molecular complexity index is 1140. The van der Waals surface area contributed by atoms with Gasteiger partial charge >= 0.3 is 0 Å². The van der Waals surface area contributed by atoms with Gasteiger partial charge in [-0.15, -0.1) is 0 Å². The highest BCUT2D eigenvalue weighted by molar-refractivity contribution is 6.28. The van der Waals surface area contributed by atoms with Crippen LogP contribution in [0.2, 0.25) is 0 Å². The first-order valence-electron chi connectivity index (χ1n) is 13.8. The van der Waals surface area contributed by atoms with Gasteiger partial charge in [-0.05, 0) is 48.2 Å². The fraction of sp³-hybridized carbons (Fsp3) is 0.375. The number of carbonyl (C=O) groups excluding carboxylic acids is 4. The minimum Gasteiger partial charge on any atom is -0.269 e. The van der Waals surface area contributed by atoms with E-state index in [0.29, 0.717) is 11.4 Å². The molecule has 6 nitrogen and oxygen atoms in total. The second-order valence-electron chi connectivity index (χ2n) is 10.5. The van der Waals surface area contributed by atoms with Gasteiger partial charge in [0.05, 0.1) is 11.4 Å². The zero-order valence-electron chi connectivity index (χ0n) is 21.7. The molecule has 5 rings (SSSR count). The lowest BCUT2D eigenvalue weighted by Crippen LogP contribution is -2.31. The van der Waals surface area contributed by atoms with Crippen molar-refractivity contribution in [3.8, 4) is 0 Å². The Morgan fingerprint density at radius 3 is 1.03 bits per heavy atom. The standard InChI is InChI=1S/C32H34N2O4/c35-28-18-19-29(36)33(28)26-14-10-24(11-15-26)32(22-8-6-4-2-1-3-5-7-9-23-32)25-12-16-27(17-13-25)34-30(37)20-21-31(34)38/h10-21H,1-9,22-23H2. The number of benzene rings is 2. The third kappa shape index (κ3) is 5.13. The average molecular weight is 511 g/mol. The van der Waals surface area contributed by atoms with Gasteiger partial charge in [0.15, 0.2) is 0 Å². The van der Waals surface area contributed by atoms with Gasteiger partial charge in [-0.3, -0.25) is 19.2 Å². The van der Waals surface area contributed by atoms with Crippen molar-refractivity contribution in [2.75, 3.05) is 9.80 Å². The van der Waals surface area contributed by atoms with E-state index >= 15 is 0 Å². The molecule has 0 saturated heterocycles. The van der Waals surface area contributed by atoms with Gasteiger partial charge in [-0.25, -0.2) is 9.80 Å². The molecule has 1 aliphatic carbocycles.